The van der Waals surface area contributed by atoms with Gasteiger partial charge in [-0.05, 0) is 52.0 Å². The number of primary amides is 1. The second-order valence-corrected chi connectivity index (χ2v) is 9.57. The van der Waals surface area contributed by atoms with E-state index in [1.54, 1.807) is 11.1 Å². The normalized spacial score (nSPS) is 18.6. The van der Waals surface area contributed by atoms with Crippen molar-refractivity contribution in [2.75, 3.05) is 36.4 Å². The van der Waals surface area contributed by atoms with Crippen LogP contribution in [0.1, 0.15) is 72.7 Å². The van der Waals surface area contributed by atoms with Crippen LogP contribution in [-0.2, 0) is 0 Å². The highest BCUT2D eigenvalue weighted by Gasteiger charge is 2.25. The van der Waals surface area contributed by atoms with Crippen LogP contribution in [-0.4, -0.2) is 63.5 Å². The van der Waals surface area contributed by atoms with Gasteiger partial charge in [-0.15, -0.1) is 0 Å². The van der Waals surface area contributed by atoms with Gasteiger partial charge in [-0.2, -0.15) is 4.98 Å². The number of nitrogens with zero attached hydrogens (tertiary/aromatic N) is 5. The maximum absolute atomic E-state index is 13.2. The summed E-state index contributed by atoms with van der Waals surface area (Å²) in [5.41, 5.74) is 12.0. The Morgan fingerprint density at radius 1 is 1.11 bits per heavy atom. The third-order valence-electron chi connectivity index (χ3n) is 6.52. The molecular weight excluding hydrogens is 448 g/mol. The highest BCUT2D eigenvalue weighted by Crippen LogP contribution is 2.24. The zero-order valence-corrected chi connectivity index (χ0v) is 20.4. The SMILES string of the molecule is CC(C)n1cc(Nc2nc(N3CCC[C@H](N)C3)ncc2C(N)=O)cc(C(=O)N2CCCCC2)c1=O. The molecule has 0 spiro atoms. The fourth-order valence-electron chi connectivity index (χ4n) is 4.60. The largest absolute Gasteiger partial charge is 0.365 e. The van der Waals surface area contributed by atoms with Crippen molar-refractivity contribution in [3.05, 3.63) is 39.9 Å². The van der Waals surface area contributed by atoms with Crippen LogP contribution in [0.15, 0.2) is 23.3 Å². The van der Waals surface area contributed by atoms with E-state index in [4.69, 9.17) is 11.5 Å². The summed E-state index contributed by atoms with van der Waals surface area (Å²) in [6.07, 6.45) is 7.81. The van der Waals surface area contributed by atoms with Crippen LogP contribution in [0, 0.1) is 0 Å². The first-order valence-corrected chi connectivity index (χ1v) is 12.2. The number of hydrogen-bond acceptors (Lipinski definition) is 8. The van der Waals surface area contributed by atoms with E-state index in [1.165, 1.54) is 16.8 Å². The van der Waals surface area contributed by atoms with E-state index >= 15 is 0 Å². The molecule has 35 heavy (non-hydrogen) atoms. The molecule has 0 radical (unpaired) electrons. The lowest BCUT2D eigenvalue weighted by molar-refractivity contribution is 0.0721. The summed E-state index contributed by atoms with van der Waals surface area (Å²) in [5, 5.41) is 3.12. The summed E-state index contributed by atoms with van der Waals surface area (Å²) < 4.78 is 1.51. The van der Waals surface area contributed by atoms with Crippen LogP contribution in [0.4, 0.5) is 17.5 Å². The highest BCUT2D eigenvalue weighted by atomic mass is 16.2. The predicted molar refractivity (Wildman–Crippen MR) is 134 cm³/mol. The van der Waals surface area contributed by atoms with Gasteiger partial charge in [0.1, 0.15) is 16.9 Å². The molecule has 4 rings (SSSR count). The Bertz CT molecular complexity index is 1160. The predicted octanol–water partition coefficient (Wildman–Crippen LogP) is 1.62. The van der Waals surface area contributed by atoms with Crippen molar-refractivity contribution in [1.82, 2.24) is 19.4 Å². The molecule has 2 aliphatic heterocycles. The standard InChI is InChI=1S/C24H34N8O3/c1-15(2)32-14-17(11-18(23(32)35)22(34)30-8-4-3-5-9-30)28-21-19(20(26)33)12-27-24(29-21)31-10-6-7-16(25)13-31/h11-12,14-16H,3-10,13,25H2,1-2H3,(H2,26,33)(H,27,28,29)/t16-/m0/s1. The van der Waals surface area contributed by atoms with Crippen molar-refractivity contribution in [2.24, 2.45) is 11.5 Å². The van der Waals surface area contributed by atoms with Gasteiger partial charge in [0.25, 0.3) is 17.4 Å². The molecule has 11 nitrogen and oxygen atoms in total. The van der Waals surface area contributed by atoms with Gasteiger partial charge in [0, 0.05) is 50.7 Å². The van der Waals surface area contributed by atoms with E-state index < -0.39 is 5.91 Å². The first-order chi connectivity index (χ1) is 16.7. The molecule has 2 aromatic rings. The lowest BCUT2D eigenvalue weighted by atomic mass is 10.1. The first kappa shape index (κ1) is 24.6. The number of piperidine rings is 2. The van der Waals surface area contributed by atoms with Gasteiger partial charge in [0.2, 0.25) is 5.95 Å². The number of likely N-dealkylation sites (tertiary alicyclic amines) is 1. The van der Waals surface area contributed by atoms with E-state index in [0.29, 0.717) is 31.3 Å². The molecule has 1 atom stereocenters. The molecule has 188 valence electrons. The van der Waals surface area contributed by atoms with Crippen LogP contribution in [0.5, 0.6) is 0 Å². The Balaban J connectivity index is 1.72. The zero-order valence-electron chi connectivity index (χ0n) is 20.4. The quantitative estimate of drug-likeness (QED) is 0.561. The molecule has 11 heteroatoms. The fraction of sp³-hybridized carbons (Fsp3) is 0.542. The molecule has 2 amide bonds. The number of carbonyl (C=O) groups excluding carboxylic acids is 2. The summed E-state index contributed by atoms with van der Waals surface area (Å²) in [6, 6.07) is 1.38. The minimum absolute atomic E-state index is 0.0255. The molecule has 0 bridgehead atoms. The maximum Gasteiger partial charge on any atom is 0.263 e. The molecule has 0 unspecified atom stereocenters. The number of aromatic nitrogens is 3. The number of hydrogen-bond donors (Lipinski definition) is 3. The molecule has 5 N–H and O–H groups in total. The smallest absolute Gasteiger partial charge is 0.263 e. The molecule has 0 aromatic carbocycles. The Kier molecular flexibility index (Phi) is 7.34. The molecular formula is C24H34N8O3. The van der Waals surface area contributed by atoms with Crippen molar-refractivity contribution in [3.8, 4) is 0 Å². The van der Waals surface area contributed by atoms with Gasteiger partial charge in [0.15, 0.2) is 0 Å². The van der Waals surface area contributed by atoms with Crippen LogP contribution < -0.4 is 27.2 Å². The second-order valence-electron chi connectivity index (χ2n) is 9.57. The monoisotopic (exact) mass is 482 g/mol. The summed E-state index contributed by atoms with van der Waals surface area (Å²) in [4.78, 5) is 51.1. The van der Waals surface area contributed by atoms with Gasteiger partial charge < -0.3 is 31.2 Å². The molecule has 2 saturated heterocycles. The van der Waals surface area contributed by atoms with Crippen LogP contribution in [0.25, 0.3) is 0 Å². The number of anilines is 3. The van der Waals surface area contributed by atoms with E-state index in [-0.39, 0.29) is 40.5 Å². The van der Waals surface area contributed by atoms with Gasteiger partial charge in [-0.1, -0.05) is 0 Å². The van der Waals surface area contributed by atoms with E-state index in [2.05, 4.69) is 15.3 Å². The first-order valence-electron chi connectivity index (χ1n) is 12.2. The molecule has 2 fully saturated rings. The minimum Gasteiger partial charge on any atom is -0.365 e. The lowest BCUT2D eigenvalue weighted by Crippen LogP contribution is -2.43. The summed E-state index contributed by atoms with van der Waals surface area (Å²) in [6.45, 7) is 6.39. The Morgan fingerprint density at radius 2 is 1.86 bits per heavy atom. The summed E-state index contributed by atoms with van der Waals surface area (Å²) in [5.74, 6) is -0.314. The third-order valence-corrected chi connectivity index (χ3v) is 6.52. The van der Waals surface area contributed by atoms with Crippen LogP contribution >= 0.6 is 0 Å². The van der Waals surface area contributed by atoms with E-state index in [1.807, 2.05) is 18.7 Å². The van der Waals surface area contributed by atoms with Crippen molar-refractivity contribution >= 4 is 29.3 Å². The van der Waals surface area contributed by atoms with Crippen molar-refractivity contribution in [1.29, 1.82) is 0 Å². The number of nitrogens with one attached hydrogen (secondary N) is 1. The summed E-state index contributed by atoms with van der Waals surface area (Å²) >= 11 is 0. The van der Waals surface area contributed by atoms with E-state index in [9.17, 15) is 14.4 Å². The average molecular weight is 483 g/mol. The van der Waals surface area contributed by atoms with Gasteiger partial charge in [-0.25, -0.2) is 4.98 Å². The molecule has 0 saturated carbocycles. The number of amides is 2. The van der Waals surface area contributed by atoms with Gasteiger partial charge in [0.05, 0.1) is 5.69 Å². The number of pyridine rings is 1. The summed E-state index contributed by atoms with van der Waals surface area (Å²) in [7, 11) is 0. The molecule has 4 heterocycles. The maximum atomic E-state index is 13.2. The molecule has 0 aliphatic carbocycles. The van der Waals surface area contributed by atoms with E-state index in [0.717, 1.165) is 38.6 Å². The topological polar surface area (TPSA) is 152 Å². The fourth-order valence-corrected chi connectivity index (χ4v) is 4.60. The highest BCUT2D eigenvalue weighted by molar-refractivity contribution is 5.98. The van der Waals surface area contributed by atoms with Crippen molar-refractivity contribution in [2.45, 2.75) is 58.0 Å². The van der Waals surface area contributed by atoms with Crippen LogP contribution in [0.3, 0.4) is 0 Å². The lowest BCUT2D eigenvalue weighted by Gasteiger charge is -2.31. The van der Waals surface area contributed by atoms with Crippen molar-refractivity contribution in [3.63, 3.8) is 0 Å². The Labute approximate surface area is 204 Å². The van der Waals surface area contributed by atoms with Gasteiger partial charge in [-0.3, -0.25) is 14.4 Å². The van der Waals surface area contributed by atoms with Crippen molar-refractivity contribution < 1.29 is 9.59 Å². The number of rotatable bonds is 6. The molecule has 2 aliphatic rings. The number of nitrogens with two attached hydrogens (primary N) is 2. The minimum atomic E-state index is -0.684. The average Bonchev–Trinajstić information content (AvgIpc) is 2.84. The zero-order chi connectivity index (χ0) is 25.1. The second kappa shape index (κ2) is 10.4. The Morgan fingerprint density at radius 3 is 2.51 bits per heavy atom. The Hall–Kier alpha value is -3.47. The van der Waals surface area contributed by atoms with Crippen LogP contribution in [0.2, 0.25) is 0 Å². The third kappa shape index (κ3) is 5.45. The molecule has 2 aromatic heterocycles. The number of carbonyl (C=O) groups is 2. The van der Waals surface area contributed by atoms with Gasteiger partial charge >= 0.3 is 0 Å².